The maximum atomic E-state index is 10.6. The predicted octanol–water partition coefficient (Wildman–Crippen LogP) is 1.07. The van der Waals surface area contributed by atoms with E-state index in [4.69, 9.17) is 4.84 Å². The van der Waals surface area contributed by atoms with E-state index in [9.17, 15) is 4.79 Å². The Morgan fingerprint density at radius 1 is 1.36 bits per heavy atom. The third-order valence-electron chi connectivity index (χ3n) is 1.14. The van der Waals surface area contributed by atoms with E-state index in [1.165, 1.54) is 12.2 Å². The Kier molecular flexibility index (Phi) is 2.60. The van der Waals surface area contributed by atoms with Crippen LogP contribution in [0.2, 0.25) is 0 Å². The van der Waals surface area contributed by atoms with Gasteiger partial charge in [-0.15, -0.1) is 0 Å². The minimum atomic E-state index is -0.0135. The molecule has 0 aliphatic heterocycles. The van der Waals surface area contributed by atoms with Crippen LogP contribution in [0.25, 0.3) is 0 Å². The van der Waals surface area contributed by atoms with Gasteiger partial charge in [-0.3, -0.25) is 4.79 Å². The quantitative estimate of drug-likeness (QED) is 0.437. The van der Waals surface area contributed by atoms with Crippen LogP contribution in [0.3, 0.4) is 0 Å². The molecule has 0 saturated heterocycles. The second kappa shape index (κ2) is 3.71. The lowest BCUT2D eigenvalue weighted by molar-refractivity contribution is -0.110. The van der Waals surface area contributed by atoms with Gasteiger partial charge in [-0.1, -0.05) is 5.16 Å². The average molecular weight is 151 g/mol. The molecule has 0 heterocycles. The highest BCUT2D eigenvalue weighted by Gasteiger charge is 1.98. The topological polar surface area (TPSA) is 38.7 Å². The van der Waals surface area contributed by atoms with E-state index < -0.39 is 0 Å². The van der Waals surface area contributed by atoms with Gasteiger partial charge < -0.3 is 4.84 Å². The molecule has 0 bridgehead atoms. The SMILES string of the molecule is CCON=C1C=CC(=O)C=C1. The van der Waals surface area contributed by atoms with Crippen LogP contribution >= 0.6 is 0 Å². The molecule has 1 rings (SSSR count). The highest BCUT2D eigenvalue weighted by Crippen LogP contribution is 1.95. The molecule has 0 fully saturated rings. The summed E-state index contributed by atoms with van der Waals surface area (Å²) in [5.74, 6) is -0.0135. The van der Waals surface area contributed by atoms with Crippen LogP contribution in [-0.2, 0) is 9.63 Å². The zero-order chi connectivity index (χ0) is 8.10. The number of rotatable bonds is 2. The van der Waals surface area contributed by atoms with Crippen molar-refractivity contribution in [2.24, 2.45) is 5.16 Å². The number of ketones is 1. The molecule has 0 atom stereocenters. The molecular formula is C8H9NO2. The van der Waals surface area contributed by atoms with E-state index >= 15 is 0 Å². The van der Waals surface area contributed by atoms with Crippen LogP contribution in [-0.4, -0.2) is 18.1 Å². The van der Waals surface area contributed by atoms with Gasteiger partial charge in [0.25, 0.3) is 0 Å². The summed E-state index contributed by atoms with van der Waals surface area (Å²) in [5, 5.41) is 3.73. The Hall–Kier alpha value is -1.38. The molecule has 3 heteroatoms. The summed E-state index contributed by atoms with van der Waals surface area (Å²) in [6, 6.07) is 0. The molecule has 0 radical (unpaired) electrons. The standard InChI is InChI=1S/C8H9NO2/c1-2-11-9-7-3-5-8(10)6-4-7/h3-6H,2H2,1H3. The van der Waals surface area contributed by atoms with Crippen LogP contribution in [0.15, 0.2) is 29.5 Å². The Balaban J connectivity index is 2.57. The van der Waals surface area contributed by atoms with Crippen LogP contribution in [0.5, 0.6) is 0 Å². The van der Waals surface area contributed by atoms with Gasteiger partial charge >= 0.3 is 0 Å². The van der Waals surface area contributed by atoms with Gasteiger partial charge in [0.2, 0.25) is 0 Å². The third-order valence-corrected chi connectivity index (χ3v) is 1.14. The first kappa shape index (κ1) is 7.72. The normalized spacial score (nSPS) is 15.4. The lowest BCUT2D eigenvalue weighted by atomic mass is 10.2. The molecule has 3 nitrogen and oxygen atoms in total. The first-order valence-corrected chi connectivity index (χ1v) is 3.43. The van der Waals surface area contributed by atoms with Crippen molar-refractivity contribution in [2.75, 3.05) is 6.61 Å². The van der Waals surface area contributed by atoms with E-state index in [1.54, 1.807) is 12.2 Å². The molecule has 1 aliphatic carbocycles. The molecule has 0 amide bonds. The van der Waals surface area contributed by atoms with Crippen LogP contribution < -0.4 is 0 Å². The summed E-state index contributed by atoms with van der Waals surface area (Å²) in [6.07, 6.45) is 6.16. The molecule has 0 aromatic rings. The van der Waals surface area contributed by atoms with Crippen molar-refractivity contribution in [3.63, 3.8) is 0 Å². The molecular weight excluding hydrogens is 142 g/mol. The molecule has 0 spiro atoms. The molecule has 0 unspecified atom stereocenters. The average Bonchev–Trinajstić information content (AvgIpc) is 2.04. The van der Waals surface area contributed by atoms with Gasteiger partial charge in [0, 0.05) is 0 Å². The van der Waals surface area contributed by atoms with Crippen molar-refractivity contribution in [3.05, 3.63) is 24.3 Å². The lowest BCUT2D eigenvalue weighted by Crippen LogP contribution is -1.99. The zero-order valence-electron chi connectivity index (χ0n) is 6.28. The summed E-state index contributed by atoms with van der Waals surface area (Å²) in [4.78, 5) is 15.4. The van der Waals surface area contributed by atoms with Crippen molar-refractivity contribution in [3.8, 4) is 0 Å². The van der Waals surface area contributed by atoms with Crippen molar-refractivity contribution in [2.45, 2.75) is 6.92 Å². The van der Waals surface area contributed by atoms with Crippen LogP contribution in [0, 0.1) is 0 Å². The van der Waals surface area contributed by atoms with Crippen LogP contribution in [0.1, 0.15) is 6.92 Å². The summed E-state index contributed by atoms with van der Waals surface area (Å²) >= 11 is 0. The number of carbonyl (C=O) groups excluding carboxylic acids is 1. The van der Waals surface area contributed by atoms with E-state index in [1.807, 2.05) is 6.92 Å². The Bertz CT molecular complexity index is 220. The molecule has 0 N–H and O–H groups in total. The first-order chi connectivity index (χ1) is 5.33. The van der Waals surface area contributed by atoms with E-state index in [0.717, 1.165) is 0 Å². The number of hydrogen-bond donors (Lipinski definition) is 0. The van der Waals surface area contributed by atoms with Crippen molar-refractivity contribution in [1.29, 1.82) is 0 Å². The lowest BCUT2D eigenvalue weighted by Gasteiger charge is -1.97. The maximum Gasteiger partial charge on any atom is 0.178 e. The van der Waals surface area contributed by atoms with E-state index in [-0.39, 0.29) is 5.78 Å². The fourth-order valence-electron chi connectivity index (χ4n) is 0.646. The largest absolute Gasteiger partial charge is 0.396 e. The number of allylic oxidation sites excluding steroid dienone is 4. The summed E-state index contributed by atoms with van der Waals surface area (Å²) in [5.41, 5.74) is 0.673. The van der Waals surface area contributed by atoms with Crippen molar-refractivity contribution in [1.82, 2.24) is 0 Å². The van der Waals surface area contributed by atoms with Crippen molar-refractivity contribution >= 4 is 11.5 Å². The smallest absolute Gasteiger partial charge is 0.178 e. The molecule has 0 aromatic carbocycles. The second-order valence-corrected chi connectivity index (χ2v) is 2.00. The van der Waals surface area contributed by atoms with E-state index in [2.05, 4.69) is 5.16 Å². The third kappa shape index (κ3) is 2.37. The van der Waals surface area contributed by atoms with Gasteiger partial charge in [-0.25, -0.2) is 0 Å². The van der Waals surface area contributed by atoms with Crippen LogP contribution in [0.4, 0.5) is 0 Å². The summed E-state index contributed by atoms with van der Waals surface area (Å²) in [7, 11) is 0. The predicted molar refractivity (Wildman–Crippen MR) is 42.3 cm³/mol. The number of oxime groups is 1. The minimum Gasteiger partial charge on any atom is -0.396 e. The highest BCUT2D eigenvalue weighted by atomic mass is 16.6. The highest BCUT2D eigenvalue weighted by molar-refractivity contribution is 6.16. The van der Waals surface area contributed by atoms with Gasteiger partial charge in [0.1, 0.15) is 12.3 Å². The van der Waals surface area contributed by atoms with Gasteiger partial charge in [-0.2, -0.15) is 0 Å². The Morgan fingerprint density at radius 3 is 2.55 bits per heavy atom. The number of hydrogen-bond acceptors (Lipinski definition) is 3. The maximum absolute atomic E-state index is 10.6. The minimum absolute atomic E-state index is 0.0135. The second-order valence-electron chi connectivity index (χ2n) is 2.00. The number of nitrogens with zero attached hydrogens (tertiary/aromatic N) is 1. The fraction of sp³-hybridized carbons (Fsp3) is 0.250. The van der Waals surface area contributed by atoms with Gasteiger partial charge in [-0.05, 0) is 31.2 Å². The molecule has 0 aromatic heterocycles. The van der Waals surface area contributed by atoms with E-state index in [0.29, 0.717) is 12.3 Å². The monoisotopic (exact) mass is 151 g/mol. The first-order valence-electron chi connectivity index (χ1n) is 3.43. The van der Waals surface area contributed by atoms with Crippen molar-refractivity contribution < 1.29 is 9.63 Å². The molecule has 0 saturated carbocycles. The Morgan fingerprint density at radius 2 is 2.00 bits per heavy atom. The molecule has 1 aliphatic rings. The number of carbonyl (C=O) groups is 1. The fourth-order valence-corrected chi connectivity index (χ4v) is 0.646. The summed E-state index contributed by atoms with van der Waals surface area (Å²) < 4.78 is 0. The summed E-state index contributed by atoms with van der Waals surface area (Å²) in [6.45, 7) is 2.39. The molecule has 58 valence electrons. The van der Waals surface area contributed by atoms with Gasteiger partial charge in [0.15, 0.2) is 5.78 Å². The molecule has 11 heavy (non-hydrogen) atoms. The Labute approximate surface area is 65.0 Å². The van der Waals surface area contributed by atoms with Gasteiger partial charge in [0.05, 0.1) is 0 Å². The zero-order valence-corrected chi connectivity index (χ0v) is 6.28.